The van der Waals surface area contributed by atoms with E-state index in [9.17, 15) is 4.79 Å². The molecule has 0 fully saturated rings. The van der Waals surface area contributed by atoms with Crippen LogP contribution in [0.15, 0.2) is 88.4 Å². The summed E-state index contributed by atoms with van der Waals surface area (Å²) < 4.78 is 12.3. The average Bonchev–Trinajstić information content (AvgIpc) is 2.84. The number of hydrazone groups is 1. The molecule has 0 spiro atoms. The van der Waals surface area contributed by atoms with Gasteiger partial charge in [0.25, 0.3) is 0 Å². The van der Waals surface area contributed by atoms with Gasteiger partial charge < -0.3 is 14.8 Å². The topological polar surface area (TPSA) is 72.0 Å². The van der Waals surface area contributed by atoms with E-state index in [1.807, 2.05) is 49.4 Å². The number of aryl methyl sites for hydroxylation is 1. The van der Waals surface area contributed by atoms with Gasteiger partial charge in [-0.05, 0) is 74.6 Å². The number of nitrogens with one attached hydrogen (secondary N) is 2. The van der Waals surface area contributed by atoms with Crippen molar-refractivity contribution in [2.24, 2.45) is 5.10 Å². The van der Waals surface area contributed by atoms with Gasteiger partial charge in [-0.25, -0.2) is 10.2 Å². The van der Waals surface area contributed by atoms with Crippen LogP contribution in [-0.4, -0.2) is 19.4 Å². The van der Waals surface area contributed by atoms with Crippen LogP contribution in [0.3, 0.4) is 0 Å². The molecule has 2 amide bonds. The highest BCUT2D eigenvalue weighted by Gasteiger charge is 2.12. The summed E-state index contributed by atoms with van der Waals surface area (Å²) >= 11 is 3.56. The van der Waals surface area contributed by atoms with Gasteiger partial charge in [-0.2, -0.15) is 5.10 Å². The molecule has 4 aromatic rings. The van der Waals surface area contributed by atoms with Crippen LogP contribution in [-0.2, 0) is 6.61 Å². The number of para-hydroxylation sites is 1. The summed E-state index contributed by atoms with van der Waals surface area (Å²) in [6.45, 7) is 2.32. The van der Waals surface area contributed by atoms with Crippen LogP contribution in [0.1, 0.15) is 16.7 Å². The first kappa shape index (κ1) is 23.3. The molecule has 0 heterocycles. The highest BCUT2D eigenvalue weighted by atomic mass is 79.9. The normalized spacial score (nSPS) is 10.9. The number of fused-ring (bicyclic) bond motifs is 1. The van der Waals surface area contributed by atoms with Crippen LogP contribution < -0.4 is 20.2 Å². The summed E-state index contributed by atoms with van der Waals surface area (Å²) in [5.74, 6) is 1.15. The molecular formula is C27H24BrN3O3. The van der Waals surface area contributed by atoms with E-state index in [2.05, 4.69) is 62.1 Å². The third kappa shape index (κ3) is 5.74. The Morgan fingerprint density at radius 2 is 1.76 bits per heavy atom. The Morgan fingerprint density at radius 1 is 1.00 bits per heavy atom. The smallest absolute Gasteiger partial charge is 0.339 e. The second-order valence-electron chi connectivity index (χ2n) is 7.64. The van der Waals surface area contributed by atoms with Gasteiger partial charge in [0, 0.05) is 5.69 Å². The number of hydrogen-bond acceptors (Lipinski definition) is 4. The Balaban J connectivity index is 1.41. The number of carbonyl (C=O) groups is 1. The van der Waals surface area contributed by atoms with E-state index in [4.69, 9.17) is 9.47 Å². The summed E-state index contributed by atoms with van der Waals surface area (Å²) in [6, 6.07) is 25.2. The first-order valence-corrected chi connectivity index (χ1v) is 11.5. The Hall–Kier alpha value is -3.84. The van der Waals surface area contributed by atoms with Gasteiger partial charge >= 0.3 is 6.03 Å². The molecule has 0 aliphatic carbocycles. The van der Waals surface area contributed by atoms with E-state index in [1.165, 1.54) is 17.0 Å². The van der Waals surface area contributed by atoms with E-state index < -0.39 is 6.03 Å². The molecule has 0 aliphatic rings. The minimum Gasteiger partial charge on any atom is -0.493 e. The maximum Gasteiger partial charge on any atom is 0.339 e. The summed E-state index contributed by atoms with van der Waals surface area (Å²) in [6.07, 6.45) is 1.54. The summed E-state index contributed by atoms with van der Waals surface area (Å²) in [7, 11) is 1.58. The van der Waals surface area contributed by atoms with Crippen molar-refractivity contribution in [3.05, 3.63) is 100 Å². The quantitative estimate of drug-likeness (QED) is 0.213. The largest absolute Gasteiger partial charge is 0.493 e. The molecule has 172 valence electrons. The van der Waals surface area contributed by atoms with E-state index in [1.54, 1.807) is 13.2 Å². The highest BCUT2D eigenvalue weighted by Crippen LogP contribution is 2.37. The molecule has 0 saturated carbocycles. The van der Waals surface area contributed by atoms with E-state index >= 15 is 0 Å². The van der Waals surface area contributed by atoms with Crippen LogP contribution >= 0.6 is 15.9 Å². The van der Waals surface area contributed by atoms with Crippen molar-refractivity contribution < 1.29 is 14.3 Å². The van der Waals surface area contributed by atoms with Crippen LogP contribution in [0.25, 0.3) is 10.8 Å². The van der Waals surface area contributed by atoms with Crippen molar-refractivity contribution in [1.82, 2.24) is 5.43 Å². The lowest BCUT2D eigenvalue weighted by Gasteiger charge is -2.14. The zero-order chi connectivity index (χ0) is 23.9. The Labute approximate surface area is 206 Å². The Bertz CT molecular complexity index is 1350. The number of halogens is 1. The molecule has 0 aromatic heterocycles. The van der Waals surface area contributed by atoms with Crippen molar-refractivity contribution in [2.45, 2.75) is 13.5 Å². The molecule has 0 saturated heterocycles. The van der Waals surface area contributed by atoms with Gasteiger partial charge in [0.15, 0.2) is 11.5 Å². The molecule has 2 N–H and O–H groups in total. The molecule has 0 radical (unpaired) electrons. The van der Waals surface area contributed by atoms with Crippen LogP contribution in [0, 0.1) is 6.92 Å². The number of urea groups is 1. The molecule has 4 rings (SSSR count). The van der Waals surface area contributed by atoms with Gasteiger partial charge in [0.05, 0.1) is 17.8 Å². The van der Waals surface area contributed by atoms with Crippen molar-refractivity contribution in [3.8, 4) is 11.5 Å². The van der Waals surface area contributed by atoms with Crippen molar-refractivity contribution >= 4 is 44.6 Å². The number of nitrogens with zero attached hydrogens (tertiary/aromatic N) is 1. The minimum absolute atomic E-state index is 0.397. The van der Waals surface area contributed by atoms with Crippen molar-refractivity contribution in [3.63, 3.8) is 0 Å². The number of amides is 2. The highest BCUT2D eigenvalue weighted by molar-refractivity contribution is 9.10. The first-order chi connectivity index (χ1) is 16.5. The lowest BCUT2D eigenvalue weighted by molar-refractivity contribution is 0.252. The van der Waals surface area contributed by atoms with Crippen LogP contribution in [0.2, 0.25) is 0 Å². The van der Waals surface area contributed by atoms with Crippen molar-refractivity contribution in [2.75, 3.05) is 12.4 Å². The molecule has 7 heteroatoms. The second-order valence-corrected chi connectivity index (χ2v) is 8.50. The maximum absolute atomic E-state index is 12.1. The maximum atomic E-state index is 12.1. The number of rotatable bonds is 7. The van der Waals surface area contributed by atoms with Gasteiger partial charge in [-0.1, -0.05) is 54.6 Å². The van der Waals surface area contributed by atoms with E-state index in [0.717, 1.165) is 26.9 Å². The van der Waals surface area contributed by atoms with Gasteiger partial charge in [0.1, 0.15) is 6.61 Å². The fourth-order valence-corrected chi connectivity index (χ4v) is 4.04. The molecule has 34 heavy (non-hydrogen) atoms. The third-order valence-electron chi connectivity index (χ3n) is 5.22. The summed E-state index contributed by atoms with van der Waals surface area (Å²) in [4.78, 5) is 12.1. The number of hydrogen-bond donors (Lipinski definition) is 2. The predicted octanol–water partition coefficient (Wildman–Crippen LogP) is 6.65. The minimum atomic E-state index is -0.424. The molecule has 0 aliphatic heterocycles. The fraction of sp³-hybridized carbons (Fsp3) is 0.111. The Morgan fingerprint density at radius 3 is 2.56 bits per heavy atom. The van der Waals surface area contributed by atoms with Crippen LogP contribution in [0.5, 0.6) is 11.5 Å². The molecule has 0 unspecified atom stereocenters. The lowest BCUT2D eigenvalue weighted by atomic mass is 10.1. The van der Waals surface area contributed by atoms with Crippen LogP contribution in [0.4, 0.5) is 10.5 Å². The van der Waals surface area contributed by atoms with E-state index in [0.29, 0.717) is 18.1 Å². The number of carbonyl (C=O) groups excluding carboxylic acids is 1. The zero-order valence-corrected chi connectivity index (χ0v) is 20.4. The van der Waals surface area contributed by atoms with Gasteiger partial charge in [0.2, 0.25) is 0 Å². The van der Waals surface area contributed by atoms with E-state index in [-0.39, 0.29) is 0 Å². The molecule has 0 bridgehead atoms. The fourth-order valence-electron chi connectivity index (χ4n) is 3.47. The predicted molar refractivity (Wildman–Crippen MR) is 140 cm³/mol. The third-order valence-corrected chi connectivity index (χ3v) is 5.81. The van der Waals surface area contributed by atoms with Gasteiger partial charge in [-0.3, -0.25) is 0 Å². The standard InChI is InChI=1S/C27H24BrN3O3/c1-18-7-3-6-10-24(18)30-27(32)31-29-16-20-14-23(28)26(25(15-20)33-2)34-17-19-11-12-21-8-4-5-9-22(21)13-19/h3-16H,17H2,1-2H3,(H2,30,31,32). The number of methoxy groups -OCH3 is 1. The zero-order valence-electron chi connectivity index (χ0n) is 18.8. The van der Waals surface area contributed by atoms with Crippen molar-refractivity contribution in [1.29, 1.82) is 0 Å². The Kier molecular flexibility index (Phi) is 7.44. The van der Waals surface area contributed by atoms with Gasteiger partial charge in [-0.15, -0.1) is 0 Å². The number of ether oxygens (including phenoxy) is 2. The number of benzene rings is 4. The summed E-state index contributed by atoms with van der Waals surface area (Å²) in [5, 5.41) is 9.15. The average molecular weight is 518 g/mol. The second kappa shape index (κ2) is 10.9. The molecule has 0 atom stereocenters. The first-order valence-electron chi connectivity index (χ1n) is 10.7. The molecular weight excluding hydrogens is 494 g/mol. The monoisotopic (exact) mass is 517 g/mol. The number of anilines is 1. The molecule has 6 nitrogen and oxygen atoms in total. The summed E-state index contributed by atoms with van der Waals surface area (Å²) in [5.41, 5.74) is 5.96. The molecule has 4 aromatic carbocycles. The SMILES string of the molecule is COc1cc(C=NNC(=O)Nc2ccccc2C)cc(Br)c1OCc1ccc2ccccc2c1. The lowest BCUT2D eigenvalue weighted by Crippen LogP contribution is -2.24.